The van der Waals surface area contributed by atoms with Gasteiger partial charge in [-0.05, 0) is 36.8 Å². The van der Waals surface area contributed by atoms with Crippen LogP contribution in [0, 0.1) is 5.82 Å². The molecule has 2 aromatic carbocycles. The Balaban J connectivity index is 2.09. The van der Waals surface area contributed by atoms with Crippen LogP contribution in [-0.2, 0) is 6.54 Å². The van der Waals surface area contributed by atoms with Crippen molar-refractivity contribution in [1.82, 2.24) is 9.55 Å². The largest absolute Gasteiger partial charge is 0.322 e. The lowest BCUT2D eigenvalue weighted by molar-refractivity contribution is 0.626. The van der Waals surface area contributed by atoms with E-state index >= 15 is 0 Å². The van der Waals surface area contributed by atoms with Crippen molar-refractivity contribution in [1.29, 1.82) is 0 Å². The summed E-state index contributed by atoms with van der Waals surface area (Å²) in [5.74, 6) is 0.604. The first-order valence-corrected chi connectivity index (χ1v) is 6.92. The van der Waals surface area contributed by atoms with E-state index in [1.165, 1.54) is 12.1 Å². The predicted octanol–water partition coefficient (Wildman–Crippen LogP) is 4.52. The van der Waals surface area contributed by atoms with Crippen molar-refractivity contribution in [3.05, 3.63) is 65.7 Å². The van der Waals surface area contributed by atoms with Crippen LogP contribution in [0.15, 0.2) is 48.5 Å². The van der Waals surface area contributed by atoms with Crippen molar-refractivity contribution < 1.29 is 4.39 Å². The van der Waals surface area contributed by atoms with Gasteiger partial charge < -0.3 is 4.57 Å². The number of hydrogen-bond acceptors (Lipinski definition) is 1. The van der Waals surface area contributed by atoms with Crippen molar-refractivity contribution in [2.45, 2.75) is 18.8 Å². The zero-order valence-corrected chi connectivity index (χ0v) is 11.8. The van der Waals surface area contributed by atoms with Crippen molar-refractivity contribution in [2.75, 3.05) is 0 Å². The highest BCUT2D eigenvalue weighted by molar-refractivity contribution is 6.20. The standard InChI is InChI=1S/C16H14ClFN2/c1-11(17)16-19-14-4-2-3-5-15(14)20(16)10-12-6-8-13(18)9-7-12/h2-9,11H,10H2,1H3. The molecule has 0 bridgehead atoms. The van der Waals surface area contributed by atoms with Crippen molar-refractivity contribution in [3.63, 3.8) is 0 Å². The maximum absolute atomic E-state index is 13.0. The van der Waals surface area contributed by atoms with Crippen LogP contribution < -0.4 is 0 Å². The van der Waals surface area contributed by atoms with Gasteiger partial charge in [0.05, 0.1) is 16.4 Å². The number of imidazole rings is 1. The number of fused-ring (bicyclic) bond motifs is 1. The molecular weight excluding hydrogens is 275 g/mol. The third-order valence-corrected chi connectivity index (χ3v) is 3.49. The minimum atomic E-state index is -0.227. The number of hydrogen-bond donors (Lipinski definition) is 0. The van der Waals surface area contributed by atoms with Gasteiger partial charge in [0.1, 0.15) is 11.6 Å². The second-order valence-electron chi connectivity index (χ2n) is 4.79. The van der Waals surface area contributed by atoms with E-state index in [0.717, 1.165) is 22.4 Å². The van der Waals surface area contributed by atoms with Gasteiger partial charge in [-0.2, -0.15) is 0 Å². The quantitative estimate of drug-likeness (QED) is 0.648. The average molecular weight is 289 g/mol. The maximum Gasteiger partial charge on any atom is 0.128 e. The molecule has 0 fully saturated rings. The number of rotatable bonds is 3. The van der Waals surface area contributed by atoms with Crippen LogP contribution in [0.4, 0.5) is 4.39 Å². The smallest absolute Gasteiger partial charge is 0.128 e. The van der Waals surface area contributed by atoms with Gasteiger partial charge in [-0.15, -0.1) is 11.6 Å². The lowest BCUT2D eigenvalue weighted by Crippen LogP contribution is -2.05. The fraction of sp³-hybridized carbons (Fsp3) is 0.188. The number of aromatic nitrogens is 2. The molecule has 0 radical (unpaired) electrons. The molecule has 3 rings (SSSR count). The maximum atomic E-state index is 13.0. The van der Waals surface area contributed by atoms with E-state index in [-0.39, 0.29) is 11.2 Å². The zero-order valence-electron chi connectivity index (χ0n) is 11.1. The van der Waals surface area contributed by atoms with Crippen LogP contribution in [0.5, 0.6) is 0 Å². The Morgan fingerprint density at radius 2 is 1.85 bits per heavy atom. The van der Waals surface area contributed by atoms with Gasteiger partial charge in [0.15, 0.2) is 0 Å². The Labute approximate surface area is 121 Å². The van der Waals surface area contributed by atoms with Crippen LogP contribution in [0.25, 0.3) is 11.0 Å². The minimum absolute atomic E-state index is 0.178. The first kappa shape index (κ1) is 13.1. The van der Waals surface area contributed by atoms with Crippen molar-refractivity contribution in [3.8, 4) is 0 Å². The molecule has 0 aliphatic heterocycles. The Hall–Kier alpha value is -1.87. The zero-order chi connectivity index (χ0) is 14.1. The molecule has 20 heavy (non-hydrogen) atoms. The molecule has 102 valence electrons. The topological polar surface area (TPSA) is 17.8 Å². The summed E-state index contributed by atoms with van der Waals surface area (Å²) in [6.07, 6.45) is 0. The van der Waals surface area contributed by atoms with E-state index in [9.17, 15) is 4.39 Å². The fourth-order valence-corrected chi connectivity index (χ4v) is 2.50. The summed E-state index contributed by atoms with van der Waals surface area (Å²) in [7, 11) is 0. The van der Waals surface area contributed by atoms with Gasteiger partial charge in [-0.1, -0.05) is 24.3 Å². The number of para-hydroxylation sites is 2. The first-order chi connectivity index (χ1) is 9.65. The summed E-state index contributed by atoms with van der Waals surface area (Å²) >= 11 is 6.23. The second-order valence-corrected chi connectivity index (χ2v) is 5.44. The molecule has 2 nitrogen and oxygen atoms in total. The summed E-state index contributed by atoms with van der Waals surface area (Å²) in [5, 5.41) is -0.178. The first-order valence-electron chi connectivity index (χ1n) is 6.49. The van der Waals surface area contributed by atoms with Crippen LogP contribution in [0.2, 0.25) is 0 Å². The van der Waals surface area contributed by atoms with E-state index in [1.54, 1.807) is 12.1 Å². The number of benzene rings is 2. The third-order valence-electron chi connectivity index (χ3n) is 3.29. The molecule has 0 aliphatic rings. The Bertz CT molecular complexity index is 732. The molecule has 3 aromatic rings. The molecule has 1 unspecified atom stereocenters. The van der Waals surface area contributed by atoms with Gasteiger partial charge >= 0.3 is 0 Å². The normalized spacial score (nSPS) is 12.8. The van der Waals surface area contributed by atoms with Crippen molar-refractivity contribution in [2.24, 2.45) is 0 Å². The summed E-state index contributed by atoms with van der Waals surface area (Å²) in [4.78, 5) is 4.58. The van der Waals surface area contributed by atoms with E-state index in [1.807, 2.05) is 31.2 Å². The Morgan fingerprint density at radius 3 is 2.55 bits per heavy atom. The molecule has 0 saturated carbocycles. The van der Waals surface area contributed by atoms with Gasteiger partial charge in [-0.25, -0.2) is 9.37 Å². The number of nitrogens with zero attached hydrogens (tertiary/aromatic N) is 2. The van der Waals surface area contributed by atoms with Gasteiger partial charge in [0.2, 0.25) is 0 Å². The SMILES string of the molecule is CC(Cl)c1nc2ccccc2n1Cc1ccc(F)cc1. The molecule has 1 heterocycles. The lowest BCUT2D eigenvalue weighted by Gasteiger charge is -2.10. The number of alkyl halides is 1. The fourth-order valence-electron chi connectivity index (χ4n) is 2.34. The van der Waals surface area contributed by atoms with Crippen LogP contribution >= 0.6 is 11.6 Å². The van der Waals surface area contributed by atoms with Gasteiger partial charge in [-0.3, -0.25) is 0 Å². The van der Waals surface area contributed by atoms with Gasteiger partial charge in [0, 0.05) is 6.54 Å². The Morgan fingerprint density at radius 1 is 1.15 bits per heavy atom. The highest BCUT2D eigenvalue weighted by Gasteiger charge is 2.14. The van der Waals surface area contributed by atoms with Crippen LogP contribution in [0.1, 0.15) is 23.7 Å². The average Bonchev–Trinajstić information content (AvgIpc) is 2.81. The second kappa shape index (κ2) is 5.25. The summed E-state index contributed by atoms with van der Waals surface area (Å²) in [6, 6.07) is 14.4. The van der Waals surface area contributed by atoms with E-state index in [4.69, 9.17) is 11.6 Å². The van der Waals surface area contributed by atoms with E-state index in [2.05, 4.69) is 9.55 Å². The molecule has 1 aromatic heterocycles. The molecule has 0 saturated heterocycles. The minimum Gasteiger partial charge on any atom is -0.322 e. The van der Waals surface area contributed by atoms with Crippen LogP contribution in [0.3, 0.4) is 0 Å². The summed E-state index contributed by atoms with van der Waals surface area (Å²) in [6.45, 7) is 2.54. The highest BCUT2D eigenvalue weighted by atomic mass is 35.5. The van der Waals surface area contributed by atoms with E-state index in [0.29, 0.717) is 6.54 Å². The van der Waals surface area contributed by atoms with Crippen molar-refractivity contribution >= 4 is 22.6 Å². The highest BCUT2D eigenvalue weighted by Crippen LogP contribution is 2.25. The lowest BCUT2D eigenvalue weighted by atomic mass is 10.2. The molecule has 0 spiro atoms. The molecule has 1 atom stereocenters. The molecule has 4 heteroatoms. The monoisotopic (exact) mass is 288 g/mol. The molecule has 0 aliphatic carbocycles. The van der Waals surface area contributed by atoms with E-state index < -0.39 is 0 Å². The van der Waals surface area contributed by atoms with Crippen LogP contribution in [-0.4, -0.2) is 9.55 Å². The number of halogens is 2. The Kier molecular flexibility index (Phi) is 3.45. The summed E-state index contributed by atoms with van der Waals surface area (Å²) < 4.78 is 15.1. The third kappa shape index (κ3) is 2.41. The molecular formula is C16H14ClFN2. The predicted molar refractivity (Wildman–Crippen MR) is 79.5 cm³/mol. The molecule has 0 N–H and O–H groups in total. The van der Waals surface area contributed by atoms with Gasteiger partial charge in [0.25, 0.3) is 0 Å². The molecule has 0 amide bonds. The summed E-state index contributed by atoms with van der Waals surface area (Å²) in [5.41, 5.74) is 2.99.